The van der Waals surface area contributed by atoms with Gasteiger partial charge in [0.1, 0.15) is 11.9 Å². The number of pyridine rings is 1. The Kier molecular flexibility index (Phi) is 11.1. The molecule has 5 atom stereocenters. The molecule has 0 N–H and O–H groups in total. The fourth-order valence-corrected chi connectivity index (χ4v) is 20.7. The van der Waals surface area contributed by atoms with Crippen LogP contribution in [0, 0.1) is 11.8 Å². The molecule has 0 spiro atoms. The monoisotopic (exact) mass is 732 g/mol. The summed E-state index contributed by atoms with van der Waals surface area (Å²) in [5.41, 5.74) is 2.02. The van der Waals surface area contributed by atoms with Crippen molar-refractivity contribution < 1.29 is 22.4 Å². The van der Waals surface area contributed by atoms with Crippen molar-refractivity contribution in [3.63, 3.8) is 0 Å². The molecule has 1 unspecified atom stereocenters. The first kappa shape index (κ1) is 36.9. The third-order valence-corrected chi connectivity index (χ3v) is 19.6. The highest BCUT2D eigenvalue weighted by molar-refractivity contribution is 6.87. The Morgan fingerprint density at radius 3 is 2.22 bits per heavy atom. The molecule has 0 radical (unpaired) electrons. The van der Waals surface area contributed by atoms with Crippen LogP contribution in [-0.2, 0) is 8.23 Å². The lowest BCUT2D eigenvalue weighted by Gasteiger charge is -2.51. The fourth-order valence-electron chi connectivity index (χ4n) is 8.18. The largest absolute Gasteiger partial charge is 0.497 e. The summed E-state index contributed by atoms with van der Waals surface area (Å²) in [6, 6.07) is 17.4. The number of fused-ring (bicyclic) bond motifs is 5. The number of hydrogen-bond acceptors (Lipinski definition) is 9. The van der Waals surface area contributed by atoms with Crippen LogP contribution >= 0.6 is 0 Å². The number of methoxy groups -OCH3 is 1. The minimum Gasteiger partial charge on any atom is -0.497 e. The van der Waals surface area contributed by atoms with Crippen LogP contribution in [0.2, 0.25) is 51.9 Å². The van der Waals surface area contributed by atoms with Crippen molar-refractivity contribution in [3.8, 4) is 17.5 Å². The minimum atomic E-state index is -2.36. The number of hydrogen-bond donors (Lipinski definition) is 0. The molecular weight excluding hydrogens is 677 g/mol. The van der Waals surface area contributed by atoms with Crippen molar-refractivity contribution in [1.29, 1.82) is 0 Å². The molecule has 3 saturated heterocycles. The minimum absolute atomic E-state index is 0.208. The summed E-state index contributed by atoms with van der Waals surface area (Å²) < 4.78 is 32.5. The van der Waals surface area contributed by atoms with E-state index in [0.29, 0.717) is 24.3 Å². The molecule has 4 aromatic rings. The lowest BCUT2D eigenvalue weighted by Crippen LogP contribution is -2.56. The third kappa shape index (κ3) is 8.59. The van der Waals surface area contributed by atoms with Crippen LogP contribution < -0.4 is 14.2 Å². The Balaban J connectivity index is 1.28. The lowest BCUT2D eigenvalue weighted by atomic mass is 9.72. The van der Waals surface area contributed by atoms with E-state index < -0.39 is 25.2 Å². The number of nitrogens with zero attached hydrogens (tertiary/aromatic N) is 4. The normalized spacial score (nSPS) is 21.8. The number of ether oxygens (including phenoxy) is 3. The molecule has 2 bridgehead atoms. The zero-order valence-electron chi connectivity index (χ0n) is 31.5. The lowest BCUT2D eigenvalue weighted by molar-refractivity contribution is -0.0491. The Morgan fingerprint density at radius 1 is 0.880 bits per heavy atom. The Morgan fingerprint density at radius 2 is 1.58 bits per heavy atom. The van der Waals surface area contributed by atoms with Gasteiger partial charge in [0.15, 0.2) is 16.6 Å². The number of rotatable bonds is 15. The van der Waals surface area contributed by atoms with Crippen LogP contribution in [0.1, 0.15) is 44.3 Å². The van der Waals surface area contributed by atoms with Gasteiger partial charge < -0.3 is 22.4 Å². The quantitative estimate of drug-likeness (QED) is 0.0878. The summed E-state index contributed by atoms with van der Waals surface area (Å²) in [5.74, 6) is 3.27. The van der Waals surface area contributed by atoms with E-state index in [9.17, 15) is 0 Å². The summed E-state index contributed by atoms with van der Waals surface area (Å²) in [5, 5.41) is 12.2. The molecule has 7 rings (SSSR count). The molecule has 3 aliphatic rings. The summed E-state index contributed by atoms with van der Waals surface area (Å²) in [6.07, 6.45) is 6.00. The zero-order valence-corrected chi connectivity index (χ0v) is 34.5. The second kappa shape index (κ2) is 15.0. The van der Waals surface area contributed by atoms with E-state index in [0.717, 1.165) is 70.9 Å². The number of aromatic nitrogens is 3. The van der Waals surface area contributed by atoms with Crippen LogP contribution in [0.15, 0.2) is 54.7 Å². The van der Waals surface area contributed by atoms with Gasteiger partial charge in [0.05, 0.1) is 36.0 Å². The van der Waals surface area contributed by atoms with Gasteiger partial charge in [-0.1, -0.05) is 25.5 Å². The van der Waals surface area contributed by atoms with Gasteiger partial charge >= 0.3 is 8.56 Å². The average molecular weight is 733 g/mol. The molecule has 2 aromatic heterocycles. The van der Waals surface area contributed by atoms with Gasteiger partial charge in [-0.15, -0.1) is 10.2 Å². The second-order valence-electron chi connectivity index (χ2n) is 16.2. The van der Waals surface area contributed by atoms with Crippen molar-refractivity contribution >= 4 is 46.9 Å². The van der Waals surface area contributed by atoms with Gasteiger partial charge in [-0.3, -0.25) is 9.88 Å². The van der Waals surface area contributed by atoms with Gasteiger partial charge in [0.25, 0.3) is 0 Å². The van der Waals surface area contributed by atoms with E-state index in [2.05, 4.69) is 81.0 Å². The maximum atomic E-state index is 7.12. The molecule has 0 amide bonds. The van der Waals surface area contributed by atoms with E-state index in [1.807, 2.05) is 36.5 Å². The molecule has 0 saturated carbocycles. The first-order valence-electron chi connectivity index (χ1n) is 18.4. The van der Waals surface area contributed by atoms with Crippen molar-refractivity contribution in [1.82, 2.24) is 20.1 Å². The first-order chi connectivity index (χ1) is 23.8. The zero-order chi connectivity index (χ0) is 35.7. The van der Waals surface area contributed by atoms with Gasteiger partial charge in [0.2, 0.25) is 11.8 Å². The molecule has 0 aliphatic carbocycles. The van der Waals surface area contributed by atoms with Crippen molar-refractivity contribution in [3.05, 3.63) is 60.3 Å². The van der Waals surface area contributed by atoms with Crippen LogP contribution in [0.3, 0.4) is 0 Å². The molecule has 270 valence electrons. The Hall–Kier alpha value is -2.88. The van der Waals surface area contributed by atoms with E-state index in [4.69, 9.17) is 32.5 Å². The number of benzene rings is 2. The summed E-state index contributed by atoms with van der Waals surface area (Å²) >= 11 is 0. The molecule has 5 heterocycles. The average Bonchev–Trinajstić information content (AvgIpc) is 3.07. The third-order valence-electron chi connectivity index (χ3n) is 10.0. The SMILES string of the molecule is CC[C@H]1CN2CC[C@H]1C[C@@H]2[C@@H](Oc1nnc(OCCC[Si](C)(O[Si](C)(C)C)O[Si](C)(C)C)c2ccccc12)c1ccnc2ccc(OC)cc12. The van der Waals surface area contributed by atoms with E-state index in [1.165, 1.54) is 12.8 Å². The summed E-state index contributed by atoms with van der Waals surface area (Å²) in [4.78, 5) is 7.34. The van der Waals surface area contributed by atoms with Crippen molar-refractivity contribution in [2.24, 2.45) is 11.8 Å². The molecule has 3 aliphatic heterocycles. The summed E-state index contributed by atoms with van der Waals surface area (Å²) in [7, 11) is -4.19. The second-order valence-corrected chi connectivity index (χ2v) is 29.1. The maximum Gasteiger partial charge on any atom is 0.314 e. The standard InChI is InChI=1S/C38H56N4O5Si3/c1-10-27-26-42-21-19-28(27)24-35(42)36(30-18-20-39-34-17-16-29(43-2)25-33(30)34)45-38-32-15-12-11-14-31(32)37(40-41-38)44-22-13-23-50(9,46-48(3,4)5)47-49(6,7)8/h11-12,14-18,20,25,27-28,35-36H,10,13,19,21-24,26H2,1-9H3/t27-,28-,35+,36-/m0/s1. The first-order valence-corrected chi connectivity index (χ1v) is 27.7. The van der Waals surface area contributed by atoms with Crippen molar-refractivity contribution in [2.45, 2.75) is 96.6 Å². The van der Waals surface area contributed by atoms with E-state index in [-0.39, 0.29) is 12.1 Å². The van der Waals surface area contributed by atoms with Crippen molar-refractivity contribution in [2.75, 3.05) is 26.8 Å². The predicted octanol–water partition coefficient (Wildman–Crippen LogP) is 8.97. The van der Waals surface area contributed by atoms with Gasteiger partial charge in [-0.05, 0) is 126 Å². The highest BCUT2D eigenvalue weighted by atomic mass is 28.5. The smallest absolute Gasteiger partial charge is 0.314 e. The van der Waals surface area contributed by atoms with Crippen LogP contribution in [-0.4, -0.2) is 78.1 Å². The summed E-state index contributed by atoms with van der Waals surface area (Å²) in [6.45, 7) is 20.7. The van der Waals surface area contributed by atoms with E-state index >= 15 is 0 Å². The fraction of sp³-hybridized carbons (Fsp3) is 0.553. The molecule has 9 nitrogen and oxygen atoms in total. The Labute approximate surface area is 301 Å². The van der Waals surface area contributed by atoms with E-state index in [1.54, 1.807) is 7.11 Å². The highest BCUT2D eigenvalue weighted by Gasteiger charge is 2.44. The maximum absolute atomic E-state index is 7.12. The molecular formula is C38H56N4O5Si3. The van der Waals surface area contributed by atoms with Gasteiger partial charge in [-0.2, -0.15) is 0 Å². The van der Waals surface area contributed by atoms with Crippen LogP contribution in [0.4, 0.5) is 0 Å². The number of piperidine rings is 3. The Bertz CT molecular complexity index is 1770. The topological polar surface area (TPSA) is 88.1 Å². The van der Waals surface area contributed by atoms with Gasteiger partial charge in [-0.25, -0.2) is 0 Å². The van der Waals surface area contributed by atoms with Crippen LogP contribution in [0.25, 0.3) is 21.7 Å². The molecule has 50 heavy (non-hydrogen) atoms. The molecule has 2 aromatic carbocycles. The van der Waals surface area contributed by atoms with Crippen LogP contribution in [0.5, 0.6) is 17.5 Å². The molecule has 3 fully saturated rings. The molecule has 12 heteroatoms. The highest BCUT2D eigenvalue weighted by Crippen LogP contribution is 2.45. The predicted molar refractivity (Wildman–Crippen MR) is 208 cm³/mol. The van der Waals surface area contributed by atoms with Gasteiger partial charge in [0, 0.05) is 23.7 Å².